The summed E-state index contributed by atoms with van der Waals surface area (Å²) < 4.78 is 0. The highest BCUT2D eigenvalue weighted by molar-refractivity contribution is 4.97. The Morgan fingerprint density at radius 2 is 2.00 bits per heavy atom. The summed E-state index contributed by atoms with van der Waals surface area (Å²) in [4.78, 5) is 2.41. The summed E-state index contributed by atoms with van der Waals surface area (Å²) in [5.74, 6) is 0.493. The zero-order valence-electron chi connectivity index (χ0n) is 8.02. The van der Waals surface area contributed by atoms with Crippen LogP contribution in [0.3, 0.4) is 0 Å². The fourth-order valence-electron chi connectivity index (χ4n) is 2.49. The molecule has 0 radical (unpaired) electrons. The van der Waals surface area contributed by atoms with Gasteiger partial charge in [-0.1, -0.05) is 6.42 Å². The number of piperidine rings is 1. The van der Waals surface area contributed by atoms with E-state index in [1.54, 1.807) is 0 Å². The third-order valence-corrected chi connectivity index (χ3v) is 3.43. The van der Waals surface area contributed by atoms with Gasteiger partial charge in [-0.05, 0) is 31.7 Å². The molecular formula is C10H19NO2. The van der Waals surface area contributed by atoms with Gasteiger partial charge in [0.15, 0.2) is 0 Å². The van der Waals surface area contributed by atoms with E-state index in [-0.39, 0.29) is 6.61 Å². The Kier molecular flexibility index (Phi) is 2.86. The zero-order chi connectivity index (χ0) is 9.26. The van der Waals surface area contributed by atoms with Crippen molar-refractivity contribution in [2.45, 2.75) is 37.8 Å². The Bertz CT molecular complexity index is 174. The van der Waals surface area contributed by atoms with Gasteiger partial charge in [-0.3, -0.25) is 4.90 Å². The van der Waals surface area contributed by atoms with Crippen molar-refractivity contribution in [3.8, 4) is 0 Å². The molecule has 3 atom stereocenters. The van der Waals surface area contributed by atoms with Crippen LogP contribution in [0.25, 0.3) is 0 Å². The molecule has 0 bridgehead atoms. The van der Waals surface area contributed by atoms with Crippen LogP contribution in [0, 0.1) is 5.92 Å². The molecule has 1 saturated carbocycles. The van der Waals surface area contributed by atoms with Gasteiger partial charge in [-0.2, -0.15) is 0 Å². The molecule has 1 heterocycles. The number of likely N-dealkylation sites (tertiary alicyclic amines) is 1. The molecule has 0 spiro atoms. The molecule has 1 saturated heterocycles. The average molecular weight is 185 g/mol. The molecule has 3 heteroatoms. The van der Waals surface area contributed by atoms with Crippen LogP contribution >= 0.6 is 0 Å². The quantitative estimate of drug-likeness (QED) is 0.661. The molecule has 2 aliphatic rings. The van der Waals surface area contributed by atoms with Crippen LogP contribution in [0.4, 0.5) is 0 Å². The topological polar surface area (TPSA) is 43.7 Å². The van der Waals surface area contributed by atoms with E-state index in [2.05, 4.69) is 4.90 Å². The number of aliphatic hydroxyl groups excluding tert-OH is 2. The minimum atomic E-state index is 0.286. The Morgan fingerprint density at radius 3 is 2.62 bits per heavy atom. The van der Waals surface area contributed by atoms with Crippen molar-refractivity contribution in [2.75, 3.05) is 19.8 Å². The minimum Gasteiger partial charge on any atom is -0.396 e. The first-order chi connectivity index (χ1) is 6.36. The molecule has 1 aliphatic carbocycles. The highest BCUT2D eigenvalue weighted by atomic mass is 16.3. The van der Waals surface area contributed by atoms with Crippen LogP contribution in [0.2, 0.25) is 0 Å². The smallest absolute Gasteiger partial charge is 0.0586 e. The highest BCUT2D eigenvalue weighted by Crippen LogP contribution is 2.38. The second kappa shape index (κ2) is 3.95. The highest BCUT2D eigenvalue weighted by Gasteiger charge is 2.43. The summed E-state index contributed by atoms with van der Waals surface area (Å²) in [5, 5.41) is 18.2. The first-order valence-corrected chi connectivity index (χ1v) is 5.34. The molecule has 2 fully saturated rings. The van der Waals surface area contributed by atoms with E-state index in [4.69, 9.17) is 5.11 Å². The number of hydrogen-bond acceptors (Lipinski definition) is 3. The van der Waals surface area contributed by atoms with Crippen molar-refractivity contribution < 1.29 is 10.2 Å². The van der Waals surface area contributed by atoms with Crippen LogP contribution in [0.5, 0.6) is 0 Å². The van der Waals surface area contributed by atoms with Gasteiger partial charge in [0.25, 0.3) is 0 Å². The molecule has 2 rings (SSSR count). The fourth-order valence-corrected chi connectivity index (χ4v) is 2.49. The summed E-state index contributed by atoms with van der Waals surface area (Å²) in [6, 6.07) is 0.942. The van der Waals surface area contributed by atoms with Gasteiger partial charge in [0, 0.05) is 18.7 Å². The van der Waals surface area contributed by atoms with Crippen LogP contribution in [-0.4, -0.2) is 47.0 Å². The lowest BCUT2D eigenvalue weighted by Crippen LogP contribution is -2.43. The van der Waals surface area contributed by atoms with Crippen molar-refractivity contribution in [1.82, 2.24) is 4.90 Å². The van der Waals surface area contributed by atoms with E-state index in [1.807, 2.05) is 0 Å². The Labute approximate surface area is 79.4 Å². The average Bonchev–Trinajstić information content (AvgIpc) is 2.96. The summed E-state index contributed by atoms with van der Waals surface area (Å²) >= 11 is 0. The van der Waals surface area contributed by atoms with Crippen LogP contribution in [0.15, 0.2) is 0 Å². The van der Waals surface area contributed by atoms with Crippen molar-refractivity contribution in [2.24, 2.45) is 5.92 Å². The van der Waals surface area contributed by atoms with Gasteiger partial charge in [-0.15, -0.1) is 0 Å². The monoisotopic (exact) mass is 185 g/mol. The molecule has 76 valence electrons. The maximum atomic E-state index is 9.19. The molecular weight excluding hydrogens is 166 g/mol. The van der Waals surface area contributed by atoms with E-state index in [0.717, 1.165) is 19.4 Å². The molecule has 3 nitrogen and oxygen atoms in total. The molecule has 2 unspecified atom stereocenters. The Hall–Kier alpha value is -0.120. The molecule has 0 aromatic carbocycles. The first-order valence-electron chi connectivity index (χ1n) is 5.34. The predicted octanol–water partition coefficient (Wildman–Crippen LogP) is 0.214. The van der Waals surface area contributed by atoms with Gasteiger partial charge in [0.05, 0.1) is 6.61 Å². The lowest BCUT2D eigenvalue weighted by Gasteiger charge is -2.35. The number of hydrogen-bond donors (Lipinski definition) is 2. The van der Waals surface area contributed by atoms with Crippen molar-refractivity contribution in [3.05, 3.63) is 0 Å². The van der Waals surface area contributed by atoms with Gasteiger partial charge in [0.2, 0.25) is 0 Å². The van der Waals surface area contributed by atoms with Gasteiger partial charge < -0.3 is 10.2 Å². The summed E-state index contributed by atoms with van der Waals surface area (Å²) in [6.07, 6.45) is 4.77. The van der Waals surface area contributed by atoms with E-state index in [0.29, 0.717) is 24.6 Å². The van der Waals surface area contributed by atoms with Gasteiger partial charge >= 0.3 is 0 Å². The predicted molar refractivity (Wildman–Crippen MR) is 50.4 cm³/mol. The van der Waals surface area contributed by atoms with Gasteiger partial charge in [0.1, 0.15) is 0 Å². The third-order valence-electron chi connectivity index (χ3n) is 3.43. The maximum absolute atomic E-state index is 9.19. The van der Waals surface area contributed by atoms with Crippen LogP contribution < -0.4 is 0 Å². The third kappa shape index (κ3) is 1.87. The van der Waals surface area contributed by atoms with Crippen LogP contribution in [-0.2, 0) is 0 Å². The van der Waals surface area contributed by atoms with E-state index < -0.39 is 0 Å². The first kappa shape index (κ1) is 9.44. The Morgan fingerprint density at radius 1 is 1.15 bits per heavy atom. The second-order valence-corrected chi connectivity index (χ2v) is 4.32. The number of nitrogens with zero attached hydrogens (tertiary/aromatic N) is 1. The molecule has 2 N–H and O–H groups in total. The number of rotatable bonds is 3. The van der Waals surface area contributed by atoms with E-state index in [1.165, 1.54) is 12.8 Å². The molecule has 0 aromatic heterocycles. The fraction of sp³-hybridized carbons (Fsp3) is 1.00. The zero-order valence-corrected chi connectivity index (χ0v) is 8.02. The second-order valence-electron chi connectivity index (χ2n) is 4.32. The largest absolute Gasteiger partial charge is 0.396 e. The Balaban J connectivity index is 1.88. The van der Waals surface area contributed by atoms with Crippen molar-refractivity contribution >= 4 is 0 Å². The molecule has 13 heavy (non-hydrogen) atoms. The lowest BCUT2D eigenvalue weighted by atomic mass is 10.0. The summed E-state index contributed by atoms with van der Waals surface area (Å²) in [6.45, 7) is 1.72. The molecule has 0 aromatic rings. The summed E-state index contributed by atoms with van der Waals surface area (Å²) in [5.41, 5.74) is 0. The van der Waals surface area contributed by atoms with Crippen molar-refractivity contribution in [3.63, 3.8) is 0 Å². The molecule has 0 amide bonds. The SMILES string of the molecule is OCC1CC1N1CCCC[C@H]1CO. The molecule has 1 aliphatic heterocycles. The van der Waals surface area contributed by atoms with Gasteiger partial charge in [-0.25, -0.2) is 0 Å². The minimum absolute atomic E-state index is 0.286. The van der Waals surface area contributed by atoms with Crippen LogP contribution in [0.1, 0.15) is 25.7 Å². The normalized spacial score (nSPS) is 40.6. The number of aliphatic hydroxyl groups is 2. The standard InChI is InChI=1S/C10H19NO2/c12-6-8-5-10(8)11-4-2-1-3-9(11)7-13/h8-10,12-13H,1-7H2/t8?,9-,10?/m0/s1. The van der Waals surface area contributed by atoms with Crippen molar-refractivity contribution in [1.29, 1.82) is 0 Å². The lowest BCUT2D eigenvalue weighted by molar-refractivity contribution is 0.0753. The summed E-state index contributed by atoms with van der Waals surface area (Å²) in [7, 11) is 0. The van der Waals surface area contributed by atoms with E-state index >= 15 is 0 Å². The maximum Gasteiger partial charge on any atom is 0.0586 e. The van der Waals surface area contributed by atoms with E-state index in [9.17, 15) is 5.11 Å².